The number of urea groups is 1. The standard InChI is InChI=1S/C16H32N2O3/c1-5-7-8-10-16(3,4)12-18-15(21)17-11-13(9-6-2)14(19)20/h13H,5-12H2,1-4H3,(H,19,20)(H2,17,18,21). The van der Waals surface area contributed by atoms with Crippen LogP contribution in [0.15, 0.2) is 0 Å². The van der Waals surface area contributed by atoms with Gasteiger partial charge in [-0.25, -0.2) is 4.79 Å². The fraction of sp³-hybridized carbons (Fsp3) is 0.875. The summed E-state index contributed by atoms with van der Waals surface area (Å²) in [6.45, 7) is 9.18. The average molecular weight is 300 g/mol. The number of nitrogens with one attached hydrogen (secondary N) is 2. The average Bonchev–Trinajstić information content (AvgIpc) is 2.41. The van der Waals surface area contributed by atoms with Gasteiger partial charge in [0.25, 0.3) is 0 Å². The molecule has 1 atom stereocenters. The van der Waals surface area contributed by atoms with Crippen molar-refractivity contribution >= 4 is 12.0 Å². The zero-order valence-electron chi connectivity index (χ0n) is 14.0. The van der Waals surface area contributed by atoms with Crippen molar-refractivity contribution in [2.75, 3.05) is 13.1 Å². The molecular weight excluding hydrogens is 268 g/mol. The SMILES string of the molecule is CCCCCC(C)(C)CNC(=O)NCC(CCC)C(=O)O. The summed E-state index contributed by atoms with van der Waals surface area (Å²) in [5.41, 5.74) is 0.0716. The molecule has 0 aromatic carbocycles. The Balaban J connectivity index is 4.00. The van der Waals surface area contributed by atoms with Crippen molar-refractivity contribution in [3.8, 4) is 0 Å². The van der Waals surface area contributed by atoms with Gasteiger partial charge in [0.05, 0.1) is 5.92 Å². The molecule has 0 aromatic rings. The van der Waals surface area contributed by atoms with Crippen LogP contribution < -0.4 is 10.6 Å². The third-order valence-corrected chi connectivity index (χ3v) is 3.68. The van der Waals surface area contributed by atoms with Crippen LogP contribution in [-0.2, 0) is 4.79 Å². The van der Waals surface area contributed by atoms with Gasteiger partial charge in [-0.3, -0.25) is 4.79 Å². The maximum Gasteiger partial charge on any atom is 0.314 e. The van der Waals surface area contributed by atoms with E-state index in [4.69, 9.17) is 5.11 Å². The van der Waals surface area contributed by atoms with E-state index in [1.807, 2.05) is 6.92 Å². The largest absolute Gasteiger partial charge is 0.481 e. The molecular formula is C16H32N2O3. The summed E-state index contributed by atoms with van der Waals surface area (Å²) in [7, 11) is 0. The van der Waals surface area contributed by atoms with Crippen LogP contribution in [0.5, 0.6) is 0 Å². The Morgan fingerprint density at radius 3 is 2.29 bits per heavy atom. The smallest absolute Gasteiger partial charge is 0.314 e. The van der Waals surface area contributed by atoms with Crippen molar-refractivity contribution in [1.29, 1.82) is 0 Å². The van der Waals surface area contributed by atoms with Gasteiger partial charge in [-0.15, -0.1) is 0 Å². The van der Waals surface area contributed by atoms with E-state index in [1.165, 1.54) is 19.3 Å². The van der Waals surface area contributed by atoms with Gasteiger partial charge in [-0.2, -0.15) is 0 Å². The molecule has 3 N–H and O–H groups in total. The lowest BCUT2D eigenvalue weighted by atomic mass is 9.87. The van der Waals surface area contributed by atoms with E-state index in [2.05, 4.69) is 31.4 Å². The van der Waals surface area contributed by atoms with E-state index in [1.54, 1.807) is 0 Å². The monoisotopic (exact) mass is 300 g/mol. The summed E-state index contributed by atoms with van der Waals surface area (Å²) < 4.78 is 0. The minimum atomic E-state index is -0.850. The van der Waals surface area contributed by atoms with Gasteiger partial charge in [-0.1, -0.05) is 53.4 Å². The predicted octanol–water partition coefficient (Wildman–Crippen LogP) is 3.39. The highest BCUT2D eigenvalue weighted by Gasteiger charge is 2.20. The molecule has 0 bridgehead atoms. The highest BCUT2D eigenvalue weighted by Crippen LogP contribution is 2.22. The Bertz CT molecular complexity index is 317. The van der Waals surface area contributed by atoms with Crippen LogP contribution >= 0.6 is 0 Å². The normalized spacial score (nSPS) is 12.8. The molecule has 0 aliphatic carbocycles. The number of rotatable bonds is 11. The summed E-state index contributed by atoms with van der Waals surface area (Å²) >= 11 is 0. The van der Waals surface area contributed by atoms with Crippen molar-refractivity contribution in [2.45, 2.75) is 66.2 Å². The summed E-state index contributed by atoms with van der Waals surface area (Å²) in [5.74, 6) is -1.35. The number of aliphatic carboxylic acids is 1. The quantitative estimate of drug-likeness (QED) is 0.512. The van der Waals surface area contributed by atoms with E-state index in [0.717, 1.165) is 12.8 Å². The molecule has 0 saturated heterocycles. The van der Waals surface area contributed by atoms with Gasteiger partial charge >= 0.3 is 12.0 Å². The molecule has 0 radical (unpaired) electrons. The number of carbonyl (C=O) groups is 2. The third kappa shape index (κ3) is 10.2. The molecule has 0 fully saturated rings. The lowest BCUT2D eigenvalue weighted by Gasteiger charge is -2.25. The van der Waals surface area contributed by atoms with Crippen LogP contribution in [0.3, 0.4) is 0 Å². The second kappa shape index (κ2) is 10.5. The molecule has 5 nitrogen and oxygen atoms in total. The van der Waals surface area contributed by atoms with E-state index in [-0.39, 0.29) is 18.0 Å². The number of unbranched alkanes of at least 4 members (excludes halogenated alkanes) is 2. The first-order valence-corrected chi connectivity index (χ1v) is 8.07. The zero-order valence-corrected chi connectivity index (χ0v) is 14.0. The zero-order chi connectivity index (χ0) is 16.3. The van der Waals surface area contributed by atoms with Crippen molar-refractivity contribution in [3.05, 3.63) is 0 Å². The van der Waals surface area contributed by atoms with Crippen LogP contribution in [-0.4, -0.2) is 30.2 Å². The van der Waals surface area contributed by atoms with E-state index >= 15 is 0 Å². The maximum absolute atomic E-state index is 11.7. The Hall–Kier alpha value is -1.26. The summed E-state index contributed by atoms with van der Waals surface area (Å²) in [5, 5.41) is 14.5. The number of carboxylic acids is 1. The van der Waals surface area contributed by atoms with Crippen LogP contribution in [0.2, 0.25) is 0 Å². The third-order valence-electron chi connectivity index (χ3n) is 3.68. The summed E-state index contributed by atoms with van der Waals surface area (Å²) in [4.78, 5) is 22.7. The Morgan fingerprint density at radius 2 is 1.76 bits per heavy atom. The Kier molecular flexibility index (Phi) is 9.84. The first kappa shape index (κ1) is 19.7. The summed E-state index contributed by atoms with van der Waals surface area (Å²) in [6.07, 6.45) is 6.03. The van der Waals surface area contributed by atoms with Gasteiger partial charge < -0.3 is 15.7 Å². The van der Waals surface area contributed by atoms with E-state index in [0.29, 0.717) is 13.0 Å². The predicted molar refractivity (Wildman–Crippen MR) is 85.4 cm³/mol. The second-order valence-electron chi connectivity index (χ2n) is 6.51. The first-order valence-electron chi connectivity index (χ1n) is 8.07. The van der Waals surface area contributed by atoms with E-state index < -0.39 is 11.9 Å². The van der Waals surface area contributed by atoms with Crippen LogP contribution in [0, 0.1) is 11.3 Å². The highest BCUT2D eigenvalue weighted by atomic mass is 16.4. The number of hydrogen-bond acceptors (Lipinski definition) is 2. The summed E-state index contributed by atoms with van der Waals surface area (Å²) in [6, 6.07) is -0.277. The molecule has 0 heterocycles. The molecule has 21 heavy (non-hydrogen) atoms. The lowest BCUT2D eigenvalue weighted by Crippen LogP contribution is -2.43. The second-order valence-corrected chi connectivity index (χ2v) is 6.51. The molecule has 0 aliphatic rings. The van der Waals surface area contributed by atoms with Gasteiger partial charge in [0.1, 0.15) is 0 Å². The molecule has 0 spiro atoms. The number of amides is 2. The van der Waals surface area contributed by atoms with Crippen molar-refractivity contribution in [1.82, 2.24) is 10.6 Å². The Morgan fingerprint density at radius 1 is 1.10 bits per heavy atom. The van der Waals surface area contributed by atoms with Crippen LogP contribution in [0.4, 0.5) is 4.79 Å². The van der Waals surface area contributed by atoms with Gasteiger partial charge in [0, 0.05) is 13.1 Å². The molecule has 0 rings (SSSR count). The fourth-order valence-electron chi connectivity index (χ4n) is 2.20. The molecule has 0 aliphatic heterocycles. The lowest BCUT2D eigenvalue weighted by molar-refractivity contribution is -0.141. The topological polar surface area (TPSA) is 78.4 Å². The van der Waals surface area contributed by atoms with Gasteiger partial charge in [0.15, 0.2) is 0 Å². The van der Waals surface area contributed by atoms with Crippen molar-refractivity contribution < 1.29 is 14.7 Å². The highest BCUT2D eigenvalue weighted by molar-refractivity contribution is 5.75. The number of hydrogen-bond donors (Lipinski definition) is 3. The maximum atomic E-state index is 11.7. The number of carbonyl (C=O) groups excluding carboxylic acids is 1. The number of carboxylic acid groups (broad SMARTS) is 1. The Labute approximate surface area is 128 Å². The molecule has 1 unspecified atom stereocenters. The van der Waals surface area contributed by atoms with Crippen molar-refractivity contribution in [2.24, 2.45) is 11.3 Å². The minimum Gasteiger partial charge on any atom is -0.481 e. The van der Waals surface area contributed by atoms with Crippen LogP contribution in [0.1, 0.15) is 66.2 Å². The van der Waals surface area contributed by atoms with E-state index in [9.17, 15) is 9.59 Å². The molecule has 5 heteroatoms. The molecule has 2 amide bonds. The first-order chi connectivity index (χ1) is 9.82. The molecule has 124 valence electrons. The minimum absolute atomic E-state index is 0.0716. The molecule has 0 aromatic heterocycles. The fourth-order valence-corrected chi connectivity index (χ4v) is 2.20. The van der Waals surface area contributed by atoms with Crippen molar-refractivity contribution in [3.63, 3.8) is 0 Å². The van der Waals surface area contributed by atoms with Gasteiger partial charge in [-0.05, 0) is 18.3 Å². The van der Waals surface area contributed by atoms with Gasteiger partial charge in [0.2, 0.25) is 0 Å². The van der Waals surface area contributed by atoms with Crippen LogP contribution in [0.25, 0.3) is 0 Å². The molecule has 0 saturated carbocycles.